The normalized spacial score (nSPS) is 20.8. The highest BCUT2D eigenvalue weighted by atomic mass is 16.6. The van der Waals surface area contributed by atoms with E-state index in [9.17, 15) is 9.59 Å². The number of rotatable bonds is 2. The lowest BCUT2D eigenvalue weighted by Gasteiger charge is -2.40. The second-order valence-electron chi connectivity index (χ2n) is 8.04. The molecule has 1 unspecified atom stereocenters. The van der Waals surface area contributed by atoms with Gasteiger partial charge in [0, 0.05) is 38.4 Å². The zero-order valence-electron chi connectivity index (χ0n) is 16.1. The number of amides is 2. The van der Waals surface area contributed by atoms with Crippen LogP contribution in [0.4, 0.5) is 10.6 Å². The van der Waals surface area contributed by atoms with Crippen LogP contribution in [0.25, 0.3) is 0 Å². The Bertz CT molecular complexity index is 686. The minimum atomic E-state index is -0.500. The largest absolute Gasteiger partial charge is 0.444 e. The minimum absolute atomic E-state index is 0.00962. The van der Waals surface area contributed by atoms with E-state index >= 15 is 0 Å². The number of carbonyl (C=O) groups excluding carboxylic acids is 2. The number of pyridine rings is 1. The molecule has 0 aromatic carbocycles. The summed E-state index contributed by atoms with van der Waals surface area (Å²) in [5.41, 5.74) is 0.629. The molecule has 1 atom stereocenters. The summed E-state index contributed by atoms with van der Waals surface area (Å²) in [5.74, 6) is 0.860. The second kappa shape index (κ2) is 7.23. The molecule has 0 saturated carbocycles. The highest BCUT2D eigenvalue weighted by Gasteiger charge is 2.33. The van der Waals surface area contributed by atoms with Crippen molar-refractivity contribution in [3.8, 4) is 0 Å². The number of fused-ring (bicyclic) bond motifs is 1. The number of carbonyl (C=O) groups is 2. The summed E-state index contributed by atoms with van der Waals surface area (Å²) in [6.07, 6.45) is 2.30. The molecule has 1 saturated heterocycles. The van der Waals surface area contributed by atoms with Crippen molar-refractivity contribution >= 4 is 17.8 Å². The molecule has 0 bridgehead atoms. The second-order valence-corrected chi connectivity index (χ2v) is 8.04. The molecule has 7 nitrogen and oxygen atoms in total. The van der Waals surface area contributed by atoms with Gasteiger partial charge in [-0.1, -0.05) is 6.07 Å². The van der Waals surface area contributed by atoms with Gasteiger partial charge in [0.25, 0.3) is 0 Å². The van der Waals surface area contributed by atoms with E-state index < -0.39 is 5.60 Å². The van der Waals surface area contributed by atoms with E-state index in [-0.39, 0.29) is 18.0 Å². The van der Waals surface area contributed by atoms with E-state index in [0.29, 0.717) is 32.7 Å². The van der Waals surface area contributed by atoms with Crippen molar-refractivity contribution in [3.63, 3.8) is 0 Å². The summed E-state index contributed by atoms with van der Waals surface area (Å²) in [4.78, 5) is 35.0. The van der Waals surface area contributed by atoms with E-state index in [1.165, 1.54) is 0 Å². The van der Waals surface area contributed by atoms with Gasteiger partial charge in [0.1, 0.15) is 11.4 Å². The molecule has 1 aromatic heterocycles. The van der Waals surface area contributed by atoms with Crippen LogP contribution in [0.2, 0.25) is 0 Å². The molecule has 0 spiro atoms. The standard InChI is InChI=1S/C19H28N4O3/c1-14-12-21(10-11-22(14)18(25)26-19(2,3)4)13-16(24)23-9-7-15-6-5-8-20-17(15)23/h5-6,8,14H,7,9-13H2,1-4H3. The van der Waals surface area contributed by atoms with Crippen LogP contribution in [0.1, 0.15) is 33.3 Å². The maximum Gasteiger partial charge on any atom is 0.410 e. The third kappa shape index (κ3) is 4.15. The van der Waals surface area contributed by atoms with Crippen LogP contribution in [0, 0.1) is 0 Å². The number of hydrogen-bond donors (Lipinski definition) is 0. The Hall–Kier alpha value is -2.15. The zero-order valence-corrected chi connectivity index (χ0v) is 16.1. The fourth-order valence-corrected chi connectivity index (χ4v) is 3.49. The number of aromatic nitrogens is 1. The molecule has 1 aromatic rings. The van der Waals surface area contributed by atoms with Gasteiger partial charge in [0.2, 0.25) is 5.91 Å². The average molecular weight is 360 g/mol. The number of ether oxygens (including phenoxy) is 1. The van der Waals surface area contributed by atoms with Gasteiger partial charge >= 0.3 is 6.09 Å². The Morgan fingerprint density at radius 1 is 1.27 bits per heavy atom. The number of piperazine rings is 1. The van der Waals surface area contributed by atoms with Crippen LogP contribution in [-0.2, 0) is 16.0 Å². The van der Waals surface area contributed by atoms with Crippen LogP contribution in [-0.4, -0.2) is 71.2 Å². The Morgan fingerprint density at radius 3 is 2.73 bits per heavy atom. The van der Waals surface area contributed by atoms with Gasteiger partial charge in [-0.25, -0.2) is 9.78 Å². The van der Waals surface area contributed by atoms with E-state index in [2.05, 4.69) is 9.88 Å². The van der Waals surface area contributed by atoms with E-state index in [1.807, 2.05) is 39.8 Å². The predicted molar refractivity (Wildman–Crippen MR) is 99.1 cm³/mol. The first-order valence-electron chi connectivity index (χ1n) is 9.21. The summed E-state index contributed by atoms with van der Waals surface area (Å²) in [7, 11) is 0. The van der Waals surface area contributed by atoms with Gasteiger partial charge < -0.3 is 9.64 Å². The average Bonchev–Trinajstić information content (AvgIpc) is 2.97. The highest BCUT2D eigenvalue weighted by Crippen LogP contribution is 2.25. The molecular formula is C19H28N4O3. The maximum atomic E-state index is 12.7. The zero-order chi connectivity index (χ0) is 18.9. The number of anilines is 1. The summed E-state index contributed by atoms with van der Waals surface area (Å²) in [6.45, 7) is 10.5. The van der Waals surface area contributed by atoms with Gasteiger partial charge in [0.15, 0.2) is 0 Å². The van der Waals surface area contributed by atoms with Gasteiger partial charge in [-0.15, -0.1) is 0 Å². The van der Waals surface area contributed by atoms with Crippen molar-refractivity contribution in [2.24, 2.45) is 0 Å². The van der Waals surface area contributed by atoms with Crippen molar-refractivity contribution in [1.82, 2.24) is 14.8 Å². The Balaban J connectivity index is 1.55. The molecule has 142 valence electrons. The molecule has 0 N–H and O–H groups in total. The van der Waals surface area contributed by atoms with Crippen LogP contribution in [0.3, 0.4) is 0 Å². The fourth-order valence-electron chi connectivity index (χ4n) is 3.49. The van der Waals surface area contributed by atoms with Crippen molar-refractivity contribution in [2.75, 3.05) is 37.6 Å². The molecule has 1 fully saturated rings. The quantitative estimate of drug-likeness (QED) is 0.806. The van der Waals surface area contributed by atoms with Crippen LogP contribution in [0.5, 0.6) is 0 Å². The van der Waals surface area contributed by atoms with Crippen molar-refractivity contribution in [1.29, 1.82) is 0 Å². The van der Waals surface area contributed by atoms with Crippen molar-refractivity contribution < 1.29 is 14.3 Å². The number of nitrogens with zero attached hydrogens (tertiary/aromatic N) is 4. The van der Waals surface area contributed by atoms with Crippen LogP contribution in [0.15, 0.2) is 18.3 Å². The summed E-state index contributed by atoms with van der Waals surface area (Å²) >= 11 is 0. The van der Waals surface area contributed by atoms with E-state index in [0.717, 1.165) is 17.8 Å². The van der Waals surface area contributed by atoms with Gasteiger partial charge in [-0.3, -0.25) is 14.6 Å². The molecule has 26 heavy (non-hydrogen) atoms. The SMILES string of the molecule is CC1CN(CC(=O)N2CCc3cccnc32)CCN1C(=O)OC(C)(C)C. The van der Waals surface area contributed by atoms with Gasteiger partial charge in [-0.05, 0) is 45.7 Å². The monoisotopic (exact) mass is 360 g/mol. The Morgan fingerprint density at radius 2 is 2.04 bits per heavy atom. The molecule has 0 aliphatic carbocycles. The first-order valence-corrected chi connectivity index (χ1v) is 9.21. The lowest BCUT2D eigenvalue weighted by Crippen LogP contribution is -2.56. The fraction of sp³-hybridized carbons (Fsp3) is 0.632. The molecule has 7 heteroatoms. The molecule has 2 aliphatic rings. The van der Waals surface area contributed by atoms with E-state index in [1.54, 1.807) is 16.0 Å². The molecule has 2 amide bonds. The lowest BCUT2D eigenvalue weighted by atomic mass is 10.2. The van der Waals surface area contributed by atoms with Crippen molar-refractivity contribution in [2.45, 2.75) is 45.8 Å². The topological polar surface area (TPSA) is 66.0 Å². The summed E-state index contributed by atoms with van der Waals surface area (Å²) in [5, 5.41) is 0. The van der Waals surface area contributed by atoms with Crippen LogP contribution < -0.4 is 4.90 Å². The highest BCUT2D eigenvalue weighted by molar-refractivity contribution is 5.95. The maximum absolute atomic E-state index is 12.7. The summed E-state index contributed by atoms with van der Waals surface area (Å²) in [6, 6.07) is 3.94. The van der Waals surface area contributed by atoms with E-state index in [4.69, 9.17) is 4.74 Å². The Kier molecular flexibility index (Phi) is 5.18. The molecule has 3 heterocycles. The van der Waals surface area contributed by atoms with Gasteiger partial charge in [0.05, 0.1) is 6.54 Å². The molecule has 3 rings (SSSR count). The van der Waals surface area contributed by atoms with Gasteiger partial charge in [-0.2, -0.15) is 0 Å². The first kappa shape index (κ1) is 18.6. The molecule has 0 radical (unpaired) electrons. The third-order valence-electron chi connectivity index (χ3n) is 4.73. The minimum Gasteiger partial charge on any atom is -0.444 e. The number of hydrogen-bond acceptors (Lipinski definition) is 5. The lowest BCUT2D eigenvalue weighted by molar-refractivity contribution is -0.120. The predicted octanol–water partition coefficient (Wildman–Crippen LogP) is 1.91. The Labute approximate surface area is 154 Å². The first-order chi connectivity index (χ1) is 12.2. The molecule has 2 aliphatic heterocycles. The molecular weight excluding hydrogens is 332 g/mol. The third-order valence-corrected chi connectivity index (χ3v) is 4.73. The smallest absolute Gasteiger partial charge is 0.410 e. The van der Waals surface area contributed by atoms with Crippen LogP contribution >= 0.6 is 0 Å². The summed E-state index contributed by atoms with van der Waals surface area (Å²) < 4.78 is 5.47. The van der Waals surface area contributed by atoms with Crippen molar-refractivity contribution in [3.05, 3.63) is 23.9 Å².